The third kappa shape index (κ3) is 4.08. The molecular weight excluding hydrogens is 266 g/mol. The quantitative estimate of drug-likeness (QED) is 0.799. The van der Waals surface area contributed by atoms with E-state index in [0.717, 1.165) is 16.2 Å². The summed E-state index contributed by atoms with van der Waals surface area (Å²) in [5, 5.41) is 3.35. The largest absolute Gasteiger partial charge is 0.365 e. The summed E-state index contributed by atoms with van der Waals surface area (Å²) >= 11 is 3.42. The fourth-order valence-corrected chi connectivity index (χ4v) is 1.59. The molecule has 0 saturated heterocycles. The van der Waals surface area contributed by atoms with Gasteiger partial charge in [-0.05, 0) is 36.7 Å². The van der Waals surface area contributed by atoms with Crippen LogP contribution in [0.5, 0.6) is 0 Å². The lowest BCUT2D eigenvalue weighted by Crippen LogP contribution is -2.27. The van der Waals surface area contributed by atoms with Crippen LogP contribution in [0.2, 0.25) is 0 Å². The van der Waals surface area contributed by atoms with Crippen molar-refractivity contribution in [1.29, 1.82) is 0 Å². The van der Waals surface area contributed by atoms with Gasteiger partial charge in [0.1, 0.15) is 16.2 Å². The number of hydrogen-bond acceptors (Lipinski definition) is 3. The molecule has 1 heterocycles. The van der Waals surface area contributed by atoms with E-state index in [2.05, 4.69) is 72.8 Å². The maximum Gasteiger partial charge on any atom is 0.137 e. The summed E-state index contributed by atoms with van der Waals surface area (Å²) < 4.78 is 0.819. The molecule has 1 aromatic heterocycles. The van der Waals surface area contributed by atoms with Crippen LogP contribution in [0.1, 0.15) is 47.4 Å². The number of nitrogens with zero attached hydrogens (tertiary/aromatic N) is 2. The molecule has 0 unspecified atom stereocenters. The molecule has 0 amide bonds. The highest BCUT2D eigenvalue weighted by Gasteiger charge is 2.20. The lowest BCUT2D eigenvalue weighted by atomic mass is 9.96. The monoisotopic (exact) mass is 285 g/mol. The second kappa shape index (κ2) is 4.32. The van der Waals surface area contributed by atoms with E-state index in [9.17, 15) is 0 Å². The zero-order chi connectivity index (χ0) is 12.6. The Bertz CT molecular complexity index is 375. The van der Waals surface area contributed by atoms with E-state index in [0.29, 0.717) is 0 Å². The summed E-state index contributed by atoms with van der Waals surface area (Å²) in [7, 11) is 0. The summed E-state index contributed by atoms with van der Waals surface area (Å²) in [4.78, 5) is 8.94. The van der Waals surface area contributed by atoms with Crippen molar-refractivity contribution in [3.63, 3.8) is 0 Å². The van der Waals surface area contributed by atoms with Gasteiger partial charge < -0.3 is 5.32 Å². The first kappa shape index (κ1) is 13.4. The Hall–Kier alpha value is -0.640. The maximum atomic E-state index is 4.54. The molecule has 0 bridgehead atoms. The Morgan fingerprint density at radius 3 is 2.06 bits per heavy atom. The van der Waals surface area contributed by atoms with E-state index in [1.165, 1.54) is 0 Å². The van der Waals surface area contributed by atoms with Crippen LogP contribution in [-0.4, -0.2) is 15.5 Å². The molecule has 0 radical (unpaired) electrons. The van der Waals surface area contributed by atoms with E-state index in [1.54, 1.807) is 0 Å². The van der Waals surface area contributed by atoms with Gasteiger partial charge in [0.05, 0.1) is 0 Å². The average Bonchev–Trinajstić information content (AvgIpc) is 1.97. The lowest BCUT2D eigenvalue weighted by molar-refractivity contribution is 0.541. The number of nitrogens with one attached hydrogen (secondary N) is 1. The van der Waals surface area contributed by atoms with Crippen LogP contribution in [0.3, 0.4) is 0 Å². The molecule has 0 aliphatic heterocycles. The predicted octanol–water partition coefficient (Wildman–Crippen LogP) is 3.75. The first-order valence-electron chi connectivity index (χ1n) is 5.41. The SMILES string of the molecule is CC(C)(C)Nc1cc(Br)nc(C(C)(C)C)n1. The highest BCUT2D eigenvalue weighted by atomic mass is 79.9. The Kier molecular flexibility index (Phi) is 3.62. The second-order valence-electron chi connectivity index (χ2n) is 6.02. The van der Waals surface area contributed by atoms with Crippen LogP contribution in [0.4, 0.5) is 5.82 Å². The van der Waals surface area contributed by atoms with Crippen LogP contribution in [-0.2, 0) is 5.41 Å². The lowest BCUT2D eigenvalue weighted by Gasteiger charge is -2.23. The molecule has 0 aliphatic carbocycles. The Morgan fingerprint density at radius 1 is 1.06 bits per heavy atom. The van der Waals surface area contributed by atoms with Gasteiger partial charge >= 0.3 is 0 Å². The van der Waals surface area contributed by atoms with E-state index in [-0.39, 0.29) is 11.0 Å². The van der Waals surface area contributed by atoms with E-state index < -0.39 is 0 Å². The summed E-state index contributed by atoms with van der Waals surface area (Å²) in [5.74, 6) is 1.70. The number of anilines is 1. The summed E-state index contributed by atoms with van der Waals surface area (Å²) in [6, 6.07) is 1.90. The summed E-state index contributed by atoms with van der Waals surface area (Å²) in [5.41, 5.74) is -0.0406. The Balaban J connectivity index is 3.09. The van der Waals surface area contributed by atoms with Crippen molar-refractivity contribution >= 4 is 21.7 Å². The molecule has 0 aromatic carbocycles. The van der Waals surface area contributed by atoms with Crippen molar-refractivity contribution < 1.29 is 0 Å². The molecule has 0 fully saturated rings. The molecule has 1 aromatic rings. The van der Waals surface area contributed by atoms with E-state index >= 15 is 0 Å². The molecule has 0 aliphatic rings. The fraction of sp³-hybridized carbons (Fsp3) is 0.667. The third-order valence-electron chi connectivity index (χ3n) is 1.87. The highest BCUT2D eigenvalue weighted by Crippen LogP contribution is 2.23. The van der Waals surface area contributed by atoms with Gasteiger partial charge in [-0.1, -0.05) is 20.8 Å². The van der Waals surface area contributed by atoms with Crippen molar-refractivity contribution in [3.8, 4) is 0 Å². The molecular formula is C12H20BrN3. The molecule has 1 rings (SSSR count). The minimum absolute atomic E-state index is 0.00292. The van der Waals surface area contributed by atoms with Gasteiger partial charge in [0.2, 0.25) is 0 Å². The fourth-order valence-electron chi connectivity index (χ4n) is 1.20. The van der Waals surface area contributed by atoms with Crippen LogP contribution < -0.4 is 5.32 Å². The van der Waals surface area contributed by atoms with Gasteiger partial charge in [-0.3, -0.25) is 0 Å². The zero-order valence-corrected chi connectivity index (χ0v) is 12.4. The topological polar surface area (TPSA) is 37.8 Å². The number of rotatable bonds is 1. The van der Waals surface area contributed by atoms with Gasteiger partial charge in [-0.15, -0.1) is 0 Å². The predicted molar refractivity (Wildman–Crippen MR) is 71.8 cm³/mol. The van der Waals surface area contributed by atoms with Crippen LogP contribution in [0.15, 0.2) is 10.7 Å². The Morgan fingerprint density at radius 2 is 1.62 bits per heavy atom. The molecule has 4 heteroatoms. The van der Waals surface area contributed by atoms with Crippen LogP contribution >= 0.6 is 15.9 Å². The molecule has 90 valence electrons. The van der Waals surface area contributed by atoms with Crippen molar-refractivity contribution in [2.45, 2.75) is 52.5 Å². The maximum absolute atomic E-state index is 4.54. The second-order valence-corrected chi connectivity index (χ2v) is 6.84. The molecule has 1 N–H and O–H groups in total. The van der Waals surface area contributed by atoms with Crippen molar-refractivity contribution in [1.82, 2.24) is 9.97 Å². The van der Waals surface area contributed by atoms with Gasteiger partial charge in [0, 0.05) is 17.0 Å². The zero-order valence-electron chi connectivity index (χ0n) is 10.8. The summed E-state index contributed by atoms with van der Waals surface area (Å²) in [6.45, 7) is 12.7. The minimum atomic E-state index is -0.0436. The van der Waals surface area contributed by atoms with Crippen molar-refractivity contribution in [3.05, 3.63) is 16.5 Å². The molecule has 3 nitrogen and oxygen atoms in total. The van der Waals surface area contributed by atoms with Gasteiger partial charge in [-0.2, -0.15) is 0 Å². The van der Waals surface area contributed by atoms with Crippen molar-refractivity contribution in [2.24, 2.45) is 0 Å². The number of halogens is 1. The first-order valence-corrected chi connectivity index (χ1v) is 6.20. The van der Waals surface area contributed by atoms with Crippen molar-refractivity contribution in [2.75, 3.05) is 5.32 Å². The van der Waals surface area contributed by atoms with Gasteiger partial charge in [-0.25, -0.2) is 9.97 Å². The molecule has 16 heavy (non-hydrogen) atoms. The van der Waals surface area contributed by atoms with E-state index in [4.69, 9.17) is 0 Å². The van der Waals surface area contributed by atoms with E-state index in [1.807, 2.05) is 6.07 Å². The molecule has 0 spiro atoms. The van der Waals surface area contributed by atoms with Gasteiger partial charge in [0.25, 0.3) is 0 Å². The third-order valence-corrected chi connectivity index (χ3v) is 2.28. The molecule has 0 saturated carbocycles. The minimum Gasteiger partial charge on any atom is -0.365 e. The highest BCUT2D eigenvalue weighted by molar-refractivity contribution is 9.10. The van der Waals surface area contributed by atoms with Gasteiger partial charge in [0.15, 0.2) is 0 Å². The average molecular weight is 286 g/mol. The smallest absolute Gasteiger partial charge is 0.137 e. The first-order chi connectivity index (χ1) is 7.08. The summed E-state index contributed by atoms with van der Waals surface area (Å²) in [6.07, 6.45) is 0. The van der Waals surface area contributed by atoms with Crippen LogP contribution in [0.25, 0.3) is 0 Å². The standard InChI is InChI=1S/C12H20BrN3/c1-11(2,3)10-14-8(13)7-9(15-10)16-12(4,5)6/h7H,1-6H3,(H,14,15,16). The molecule has 0 atom stereocenters. The number of hydrogen-bond donors (Lipinski definition) is 1. The normalized spacial score (nSPS) is 12.7. The Labute approximate surface area is 106 Å². The van der Waals surface area contributed by atoms with Crippen LogP contribution in [0, 0.1) is 0 Å². The number of aromatic nitrogens is 2.